The Kier molecular flexibility index (Phi) is 16.5. The molecule has 5 amide bonds. The maximum atomic E-state index is 13.6. The van der Waals surface area contributed by atoms with Crippen LogP contribution >= 0.6 is 11.8 Å². The van der Waals surface area contributed by atoms with Gasteiger partial charge in [-0.05, 0) is 76.2 Å². The van der Waals surface area contributed by atoms with E-state index >= 15 is 0 Å². The van der Waals surface area contributed by atoms with Crippen LogP contribution in [-0.4, -0.2) is 99.3 Å². The van der Waals surface area contributed by atoms with Gasteiger partial charge in [0, 0.05) is 0 Å². The first-order valence-corrected chi connectivity index (χ1v) is 17.6. The Labute approximate surface area is 283 Å². The molecule has 1 aliphatic rings. The van der Waals surface area contributed by atoms with Gasteiger partial charge < -0.3 is 41.5 Å². The highest BCUT2D eigenvalue weighted by molar-refractivity contribution is 7.98. The molecule has 5 unspecified atom stereocenters. The van der Waals surface area contributed by atoms with Crippen molar-refractivity contribution in [3.8, 4) is 0 Å². The number of hydrogen-bond acceptors (Lipinski definition) is 9. The second kappa shape index (κ2) is 18.5. The Morgan fingerprint density at radius 2 is 1.38 bits per heavy atom. The molecule has 0 aliphatic heterocycles. The standard InChI is InChI=1S/C32H57N5O9S/c1-17(2)15-21(22(38)16-23(39)35-25(19(5)6)28(42)37-32(12-13-32)29(43)44)34-26(40)20(11-14-47-10)33-27(41)24(18(3)4)36-30(45)46-31(7,8)9/h17-22,24-25,38H,11-16H2,1-10H3,(H,33,41)(H,34,40)(H,35,39)(H,36,45)(H,37,42)(H,43,44). The van der Waals surface area contributed by atoms with E-state index in [2.05, 4.69) is 26.6 Å². The van der Waals surface area contributed by atoms with E-state index in [9.17, 15) is 39.0 Å². The van der Waals surface area contributed by atoms with Gasteiger partial charge in [-0.2, -0.15) is 11.8 Å². The van der Waals surface area contributed by atoms with E-state index in [-0.39, 0.29) is 24.2 Å². The SMILES string of the molecule is CSCCC(NC(=O)C(NC(=O)OC(C)(C)C)C(C)C)C(=O)NC(CC(C)C)C(O)CC(=O)NC(C(=O)NC1(C(=O)O)CC1)C(C)C. The minimum atomic E-state index is -1.33. The van der Waals surface area contributed by atoms with Crippen LogP contribution in [0.1, 0.15) is 94.4 Å². The summed E-state index contributed by atoms with van der Waals surface area (Å²) < 4.78 is 5.30. The van der Waals surface area contributed by atoms with Gasteiger partial charge in [0.05, 0.1) is 18.6 Å². The first-order chi connectivity index (χ1) is 21.6. The fraction of sp³-hybridized carbons (Fsp3) is 0.812. The highest BCUT2D eigenvalue weighted by atomic mass is 32.2. The highest BCUT2D eigenvalue weighted by Crippen LogP contribution is 2.35. The minimum absolute atomic E-state index is 0.0144. The predicted molar refractivity (Wildman–Crippen MR) is 179 cm³/mol. The maximum absolute atomic E-state index is 13.6. The number of aliphatic hydroxyl groups is 1. The van der Waals surface area contributed by atoms with Crippen molar-refractivity contribution in [1.82, 2.24) is 26.6 Å². The van der Waals surface area contributed by atoms with Crippen LogP contribution in [0.3, 0.4) is 0 Å². The molecule has 1 saturated carbocycles. The molecule has 0 bridgehead atoms. The van der Waals surface area contributed by atoms with Crippen LogP contribution in [0.2, 0.25) is 0 Å². The molecule has 1 fully saturated rings. The molecule has 47 heavy (non-hydrogen) atoms. The molecule has 0 saturated heterocycles. The molecule has 0 spiro atoms. The van der Waals surface area contributed by atoms with E-state index in [1.165, 1.54) is 11.8 Å². The normalized spacial score (nSPS) is 17.1. The molecule has 0 radical (unpaired) electrons. The number of carbonyl (C=O) groups is 6. The predicted octanol–water partition coefficient (Wildman–Crippen LogP) is 1.93. The van der Waals surface area contributed by atoms with Gasteiger partial charge in [-0.1, -0.05) is 41.5 Å². The number of rotatable bonds is 19. The number of carboxylic acid groups (broad SMARTS) is 1. The third-order valence-corrected chi connectivity index (χ3v) is 8.21. The molecule has 14 nitrogen and oxygen atoms in total. The second-order valence-electron chi connectivity index (χ2n) is 14.4. The number of aliphatic carboxylic acids is 1. The van der Waals surface area contributed by atoms with Crippen LogP contribution in [0.4, 0.5) is 4.79 Å². The molecule has 270 valence electrons. The highest BCUT2D eigenvalue weighted by Gasteiger charge is 2.52. The lowest BCUT2D eigenvalue weighted by molar-refractivity contribution is -0.143. The van der Waals surface area contributed by atoms with Crippen LogP contribution in [-0.2, 0) is 28.7 Å². The average Bonchev–Trinajstić information content (AvgIpc) is 3.71. The van der Waals surface area contributed by atoms with E-state index in [0.29, 0.717) is 25.0 Å². The van der Waals surface area contributed by atoms with Gasteiger partial charge in [0.15, 0.2) is 0 Å². The molecular weight excluding hydrogens is 630 g/mol. The first kappa shape index (κ1) is 42.0. The third-order valence-electron chi connectivity index (χ3n) is 7.56. The van der Waals surface area contributed by atoms with E-state index in [1.807, 2.05) is 20.1 Å². The van der Waals surface area contributed by atoms with Crippen LogP contribution in [0, 0.1) is 17.8 Å². The summed E-state index contributed by atoms with van der Waals surface area (Å²) in [5.74, 6) is -3.66. The van der Waals surface area contributed by atoms with Crippen molar-refractivity contribution in [3.63, 3.8) is 0 Å². The third kappa shape index (κ3) is 14.7. The van der Waals surface area contributed by atoms with E-state index < -0.39 is 83.5 Å². The fourth-order valence-electron chi connectivity index (χ4n) is 4.77. The smallest absolute Gasteiger partial charge is 0.408 e. The van der Waals surface area contributed by atoms with Crippen LogP contribution in [0.5, 0.6) is 0 Å². The number of aliphatic hydroxyl groups excluding tert-OH is 1. The van der Waals surface area contributed by atoms with Crippen LogP contribution in [0.25, 0.3) is 0 Å². The Bertz CT molecular complexity index is 1110. The number of thioether (sulfide) groups is 1. The molecule has 7 N–H and O–H groups in total. The number of carboxylic acids is 1. The van der Waals surface area contributed by atoms with E-state index in [1.54, 1.807) is 48.5 Å². The monoisotopic (exact) mass is 687 g/mol. The summed E-state index contributed by atoms with van der Waals surface area (Å²) in [6.45, 7) is 15.8. The van der Waals surface area contributed by atoms with Crippen molar-refractivity contribution in [3.05, 3.63) is 0 Å². The average molecular weight is 688 g/mol. The van der Waals surface area contributed by atoms with Crippen molar-refractivity contribution in [1.29, 1.82) is 0 Å². The molecule has 0 aromatic rings. The molecule has 0 aromatic carbocycles. The van der Waals surface area contributed by atoms with Crippen molar-refractivity contribution < 1.29 is 43.7 Å². The molecule has 0 heterocycles. The van der Waals surface area contributed by atoms with Crippen molar-refractivity contribution >= 4 is 47.5 Å². The summed E-state index contributed by atoms with van der Waals surface area (Å²) in [7, 11) is 0. The van der Waals surface area contributed by atoms with Gasteiger partial charge in [-0.15, -0.1) is 0 Å². The van der Waals surface area contributed by atoms with Gasteiger partial charge in [-0.3, -0.25) is 19.2 Å². The Balaban J connectivity index is 3.03. The van der Waals surface area contributed by atoms with Crippen LogP contribution in [0.15, 0.2) is 0 Å². The molecule has 5 atom stereocenters. The van der Waals surface area contributed by atoms with Crippen molar-refractivity contribution in [2.45, 2.75) is 136 Å². The van der Waals surface area contributed by atoms with Gasteiger partial charge in [0.1, 0.15) is 29.3 Å². The summed E-state index contributed by atoms with van der Waals surface area (Å²) in [6, 6.07) is -3.87. The Hall–Kier alpha value is -3.07. The lowest BCUT2D eigenvalue weighted by atomic mass is 9.96. The number of ether oxygens (including phenoxy) is 1. The largest absolute Gasteiger partial charge is 0.480 e. The lowest BCUT2D eigenvalue weighted by Crippen LogP contribution is -2.58. The summed E-state index contributed by atoms with van der Waals surface area (Å²) in [6.07, 6.45) is 0.518. The number of hydrogen-bond donors (Lipinski definition) is 7. The quantitative estimate of drug-likeness (QED) is 0.105. The van der Waals surface area contributed by atoms with Gasteiger partial charge in [0.25, 0.3) is 0 Å². The number of amides is 5. The van der Waals surface area contributed by atoms with E-state index in [4.69, 9.17) is 4.74 Å². The lowest BCUT2D eigenvalue weighted by Gasteiger charge is -2.30. The number of alkyl carbamates (subject to hydrolysis) is 1. The first-order valence-electron chi connectivity index (χ1n) is 16.2. The number of carbonyl (C=O) groups excluding carboxylic acids is 5. The van der Waals surface area contributed by atoms with Gasteiger partial charge in [0.2, 0.25) is 23.6 Å². The van der Waals surface area contributed by atoms with Crippen LogP contribution < -0.4 is 26.6 Å². The zero-order valence-corrected chi connectivity index (χ0v) is 30.3. The van der Waals surface area contributed by atoms with Gasteiger partial charge >= 0.3 is 12.1 Å². The minimum Gasteiger partial charge on any atom is -0.480 e. The topological polar surface area (TPSA) is 212 Å². The molecule has 1 aliphatic carbocycles. The summed E-state index contributed by atoms with van der Waals surface area (Å²) in [5.41, 5.74) is -2.09. The summed E-state index contributed by atoms with van der Waals surface area (Å²) in [5, 5.41) is 33.8. The van der Waals surface area contributed by atoms with Gasteiger partial charge in [-0.25, -0.2) is 9.59 Å². The summed E-state index contributed by atoms with van der Waals surface area (Å²) in [4.78, 5) is 76.7. The van der Waals surface area contributed by atoms with Crippen molar-refractivity contribution in [2.75, 3.05) is 12.0 Å². The zero-order valence-electron chi connectivity index (χ0n) is 29.5. The Morgan fingerprint density at radius 3 is 1.83 bits per heavy atom. The molecular formula is C32H57N5O9S. The molecule has 0 aromatic heterocycles. The van der Waals surface area contributed by atoms with Crippen molar-refractivity contribution in [2.24, 2.45) is 17.8 Å². The summed E-state index contributed by atoms with van der Waals surface area (Å²) >= 11 is 1.48. The number of nitrogens with one attached hydrogen (secondary N) is 5. The molecule has 15 heteroatoms. The Morgan fingerprint density at radius 1 is 0.830 bits per heavy atom. The zero-order chi connectivity index (χ0) is 36.3. The van der Waals surface area contributed by atoms with E-state index in [0.717, 1.165) is 0 Å². The second-order valence-corrected chi connectivity index (χ2v) is 15.4. The molecule has 1 rings (SSSR count). The maximum Gasteiger partial charge on any atom is 0.408 e. The fourth-order valence-corrected chi connectivity index (χ4v) is 5.24.